The van der Waals surface area contributed by atoms with Gasteiger partial charge in [-0.05, 0) is 24.5 Å². The van der Waals surface area contributed by atoms with Gasteiger partial charge in [0.15, 0.2) is 0 Å². The highest BCUT2D eigenvalue weighted by Crippen LogP contribution is 2.26. The van der Waals surface area contributed by atoms with E-state index in [1.54, 1.807) is 0 Å². The first-order chi connectivity index (χ1) is 10.9. The van der Waals surface area contributed by atoms with Gasteiger partial charge in [0.25, 0.3) is 0 Å². The van der Waals surface area contributed by atoms with Crippen LogP contribution in [0.25, 0.3) is 0 Å². The first-order valence-electron chi connectivity index (χ1n) is 8.91. The van der Waals surface area contributed by atoms with Crippen molar-refractivity contribution in [3.63, 3.8) is 0 Å². The molecule has 2 heterocycles. The number of hydrogen-bond acceptors (Lipinski definition) is 4. The molecule has 1 aromatic rings. The van der Waals surface area contributed by atoms with Crippen LogP contribution >= 0.6 is 0 Å². The zero-order valence-electron chi connectivity index (χ0n) is 13.6. The third kappa shape index (κ3) is 4.96. The molecule has 1 aliphatic heterocycles. The van der Waals surface area contributed by atoms with Crippen molar-refractivity contribution in [3.8, 4) is 5.75 Å². The summed E-state index contributed by atoms with van der Waals surface area (Å²) in [6.07, 6.45) is 10.1. The summed E-state index contributed by atoms with van der Waals surface area (Å²) in [6, 6.07) is 4.18. The maximum Gasteiger partial charge on any atom is 0.137 e. The Morgan fingerprint density at radius 3 is 2.68 bits per heavy atom. The summed E-state index contributed by atoms with van der Waals surface area (Å²) in [4.78, 5) is 7.00. The van der Waals surface area contributed by atoms with E-state index in [1.165, 1.54) is 38.5 Å². The van der Waals surface area contributed by atoms with Crippen LogP contribution in [0.2, 0.25) is 0 Å². The van der Waals surface area contributed by atoms with Crippen LogP contribution in [0.15, 0.2) is 18.3 Å². The van der Waals surface area contributed by atoms with Crippen LogP contribution < -0.4 is 10.1 Å². The van der Waals surface area contributed by atoms with E-state index in [0.717, 1.165) is 56.7 Å². The van der Waals surface area contributed by atoms with Crippen molar-refractivity contribution in [1.82, 2.24) is 15.2 Å². The molecule has 0 amide bonds. The van der Waals surface area contributed by atoms with E-state index in [9.17, 15) is 0 Å². The lowest BCUT2D eigenvalue weighted by molar-refractivity contribution is 0.229. The topological polar surface area (TPSA) is 37.4 Å². The molecule has 1 saturated carbocycles. The molecule has 1 saturated heterocycles. The minimum atomic E-state index is 0.837. The fourth-order valence-corrected chi connectivity index (χ4v) is 3.51. The number of ether oxygens (including phenoxy) is 1. The molecule has 2 fully saturated rings. The van der Waals surface area contributed by atoms with Crippen LogP contribution in [-0.4, -0.2) is 42.7 Å². The zero-order valence-corrected chi connectivity index (χ0v) is 13.6. The summed E-state index contributed by atoms with van der Waals surface area (Å²) in [7, 11) is 0. The van der Waals surface area contributed by atoms with E-state index in [1.807, 2.05) is 6.20 Å². The fraction of sp³-hybridized carbons (Fsp3) is 0.722. The highest BCUT2D eigenvalue weighted by atomic mass is 16.5. The number of piperazine rings is 1. The van der Waals surface area contributed by atoms with Crippen LogP contribution in [-0.2, 0) is 6.54 Å². The van der Waals surface area contributed by atoms with Crippen LogP contribution in [0.3, 0.4) is 0 Å². The Labute approximate surface area is 134 Å². The molecule has 0 bridgehead atoms. The van der Waals surface area contributed by atoms with E-state index in [2.05, 4.69) is 27.3 Å². The average molecular weight is 303 g/mol. The van der Waals surface area contributed by atoms with Gasteiger partial charge >= 0.3 is 0 Å². The predicted molar refractivity (Wildman–Crippen MR) is 89.1 cm³/mol. The molecule has 4 heteroatoms. The van der Waals surface area contributed by atoms with Crippen molar-refractivity contribution in [2.45, 2.75) is 45.1 Å². The predicted octanol–water partition coefficient (Wildman–Crippen LogP) is 2.84. The third-order valence-electron chi connectivity index (χ3n) is 4.91. The number of nitrogens with zero attached hydrogens (tertiary/aromatic N) is 2. The van der Waals surface area contributed by atoms with Crippen molar-refractivity contribution in [2.24, 2.45) is 5.92 Å². The maximum absolute atomic E-state index is 5.87. The van der Waals surface area contributed by atoms with Crippen molar-refractivity contribution < 1.29 is 4.74 Å². The summed E-state index contributed by atoms with van der Waals surface area (Å²) in [5, 5.41) is 3.38. The quantitative estimate of drug-likeness (QED) is 0.877. The Hall–Kier alpha value is -1.13. The SMILES string of the molecule is c1cc(CN2CCNCC2)ncc1OCCC1CCCCC1. The van der Waals surface area contributed by atoms with Gasteiger partial charge in [-0.3, -0.25) is 9.88 Å². The second-order valence-corrected chi connectivity index (χ2v) is 6.65. The molecule has 0 unspecified atom stereocenters. The summed E-state index contributed by atoms with van der Waals surface area (Å²) in [5.41, 5.74) is 1.14. The Kier molecular flexibility index (Phi) is 6.08. The van der Waals surface area contributed by atoms with Crippen LogP contribution in [0.4, 0.5) is 0 Å². The zero-order chi connectivity index (χ0) is 15.0. The largest absolute Gasteiger partial charge is 0.492 e. The van der Waals surface area contributed by atoms with Gasteiger partial charge in [0, 0.05) is 32.7 Å². The lowest BCUT2D eigenvalue weighted by atomic mass is 9.87. The molecule has 22 heavy (non-hydrogen) atoms. The molecule has 1 N–H and O–H groups in total. The molecule has 0 atom stereocenters. The smallest absolute Gasteiger partial charge is 0.137 e. The van der Waals surface area contributed by atoms with Crippen LogP contribution in [0.1, 0.15) is 44.2 Å². The molecule has 122 valence electrons. The Morgan fingerprint density at radius 1 is 1.14 bits per heavy atom. The molecule has 0 radical (unpaired) electrons. The van der Waals surface area contributed by atoms with Gasteiger partial charge in [-0.15, -0.1) is 0 Å². The molecule has 3 rings (SSSR count). The van der Waals surface area contributed by atoms with Gasteiger partial charge < -0.3 is 10.1 Å². The maximum atomic E-state index is 5.87. The van der Waals surface area contributed by atoms with Gasteiger partial charge in [-0.2, -0.15) is 0 Å². The van der Waals surface area contributed by atoms with E-state index < -0.39 is 0 Å². The van der Waals surface area contributed by atoms with Gasteiger partial charge in [0.05, 0.1) is 18.5 Å². The fourth-order valence-electron chi connectivity index (χ4n) is 3.51. The highest BCUT2D eigenvalue weighted by Gasteiger charge is 2.13. The molecular formula is C18H29N3O. The van der Waals surface area contributed by atoms with Gasteiger partial charge in [0.2, 0.25) is 0 Å². The molecule has 1 aromatic heterocycles. The number of rotatable bonds is 6. The minimum Gasteiger partial charge on any atom is -0.492 e. The van der Waals surface area contributed by atoms with Gasteiger partial charge in [0.1, 0.15) is 5.75 Å². The van der Waals surface area contributed by atoms with Crippen molar-refractivity contribution in [1.29, 1.82) is 0 Å². The lowest BCUT2D eigenvalue weighted by Gasteiger charge is -2.26. The molecule has 0 spiro atoms. The summed E-state index contributed by atoms with van der Waals surface area (Å²) >= 11 is 0. The van der Waals surface area contributed by atoms with Gasteiger partial charge in [-0.1, -0.05) is 32.1 Å². The second-order valence-electron chi connectivity index (χ2n) is 6.65. The third-order valence-corrected chi connectivity index (χ3v) is 4.91. The van der Waals surface area contributed by atoms with E-state index in [-0.39, 0.29) is 0 Å². The standard InChI is InChI=1S/C18H29N3O/c1-2-4-16(5-3-1)8-13-22-18-7-6-17(20-14-18)15-21-11-9-19-10-12-21/h6-7,14,16,19H,1-5,8-13,15H2. The Bertz CT molecular complexity index is 422. The van der Waals surface area contributed by atoms with Crippen molar-refractivity contribution in [2.75, 3.05) is 32.8 Å². The summed E-state index contributed by atoms with van der Waals surface area (Å²) < 4.78 is 5.87. The first kappa shape index (κ1) is 15.8. The molecule has 4 nitrogen and oxygen atoms in total. The van der Waals surface area contributed by atoms with Crippen molar-refractivity contribution in [3.05, 3.63) is 24.0 Å². The highest BCUT2D eigenvalue weighted by molar-refractivity contribution is 5.19. The molecular weight excluding hydrogens is 274 g/mol. The second kappa shape index (κ2) is 8.49. The summed E-state index contributed by atoms with van der Waals surface area (Å²) in [5.74, 6) is 1.80. The Morgan fingerprint density at radius 2 is 1.95 bits per heavy atom. The number of pyridine rings is 1. The molecule has 2 aliphatic rings. The van der Waals surface area contributed by atoms with Crippen LogP contribution in [0.5, 0.6) is 5.75 Å². The lowest BCUT2D eigenvalue weighted by Crippen LogP contribution is -2.43. The minimum absolute atomic E-state index is 0.837. The van der Waals surface area contributed by atoms with E-state index in [0.29, 0.717) is 0 Å². The number of nitrogens with one attached hydrogen (secondary N) is 1. The summed E-state index contributed by atoms with van der Waals surface area (Å²) in [6.45, 7) is 6.18. The number of aromatic nitrogens is 1. The Balaban J connectivity index is 1.39. The molecule has 0 aromatic carbocycles. The first-order valence-corrected chi connectivity index (χ1v) is 8.91. The van der Waals surface area contributed by atoms with E-state index >= 15 is 0 Å². The van der Waals surface area contributed by atoms with Crippen molar-refractivity contribution >= 4 is 0 Å². The number of hydrogen-bond donors (Lipinski definition) is 1. The average Bonchev–Trinajstić information content (AvgIpc) is 2.58. The monoisotopic (exact) mass is 303 g/mol. The van der Waals surface area contributed by atoms with Gasteiger partial charge in [-0.25, -0.2) is 0 Å². The van der Waals surface area contributed by atoms with Crippen LogP contribution in [0, 0.1) is 5.92 Å². The normalized spacial score (nSPS) is 20.9. The van der Waals surface area contributed by atoms with E-state index in [4.69, 9.17) is 4.74 Å². The molecule has 1 aliphatic carbocycles.